The van der Waals surface area contributed by atoms with Crippen LogP contribution in [0.1, 0.15) is 16.7 Å². The second kappa shape index (κ2) is 4.13. The minimum Gasteiger partial charge on any atom is -0.504 e. The van der Waals surface area contributed by atoms with E-state index in [9.17, 15) is 10.2 Å². The largest absolute Gasteiger partial charge is 0.504 e. The van der Waals surface area contributed by atoms with Crippen LogP contribution in [0.5, 0.6) is 11.5 Å². The Balaban J connectivity index is 2.73. The van der Waals surface area contributed by atoms with Crippen molar-refractivity contribution in [3.63, 3.8) is 0 Å². The third-order valence-electron chi connectivity index (χ3n) is 3.12. The van der Waals surface area contributed by atoms with Crippen LogP contribution in [-0.4, -0.2) is 10.2 Å². The van der Waals surface area contributed by atoms with E-state index >= 15 is 0 Å². The van der Waals surface area contributed by atoms with Gasteiger partial charge in [-0.2, -0.15) is 0 Å². The molecule has 2 rings (SSSR count). The lowest BCUT2D eigenvalue weighted by Gasteiger charge is -2.12. The third-order valence-corrected chi connectivity index (χ3v) is 3.12. The van der Waals surface area contributed by atoms with E-state index in [2.05, 4.69) is 6.07 Å². The van der Waals surface area contributed by atoms with Gasteiger partial charge >= 0.3 is 0 Å². The van der Waals surface area contributed by atoms with Crippen molar-refractivity contribution in [3.8, 4) is 22.6 Å². The van der Waals surface area contributed by atoms with Crippen molar-refractivity contribution in [2.75, 3.05) is 0 Å². The van der Waals surface area contributed by atoms with E-state index in [1.807, 2.05) is 32.9 Å². The highest BCUT2D eigenvalue weighted by molar-refractivity contribution is 5.76. The van der Waals surface area contributed by atoms with Crippen LogP contribution in [-0.2, 0) is 0 Å². The summed E-state index contributed by atoms with van der Waals surface area (Å²) in [5.41, 5.74) is 5.09. The van der Waals surface area contributed by atoms with Crippen LogP contribution < -0.4 is 0 Å². The lowest BCUT2D eigenvalue weighted by atomic mass is 9.94. The van der Waals surface area contributed by atoms with Gasteiger partial charge in [0.05, 0.1) is 0 Å². The first-order valence-electron chi connectivity index (χ1n) is 5.60. The standard InChI is InChI=1S/C15H16O2/c1-9-7-10(2)11(3)13(8-9)12-5-4-6-14(16)15(12)17/h4-8,16-17H,1-3H3. The van der Waals surface area contributed by atoms with Gasteiger partial charge < -0.3 is 10.2 Å². The predicted octanol–water partition coefficient (Wildman–Crippen LogP) is 3.69. The number of hydrogen-bond acceptors (Lipinski definition) is 2. The maximum absolute atomic E-state index is 9.91. The van der Waals surface area contributed by atoms with Crippen molar-refractivity contribution in [2.45, 2.75) is 20.8 Å². The maximum Gasteiger partial charge on any atom is 0.165 e. The highest BCUT2D eigenvalue weighted by Crippen LogP contribution is 2.38. The molecule has 0 saturated heterocycles. The summed E-state index contributed by atoms with van der Waals surface area (Å²) >= 11 is 0. The van der Waals surface area contributed by atoms with Crippen LogP contribution in [0, 0.1) is 20.8 Å². The van der Waals surface area contributed by atoms with Crippen LogP contribution in [0.15, 0.2) is 30.3 Å². The summed E-state index contributed by atoms with van der Waals surface area (Å²) in [6.07, 6.45) is 0. The van der Waals surface area contributed by atoms with Gasteiger partial charge in [-0.3, -0.25) is 0 Å². The van der Waals surface area contributed by atoms with E-state index in [4.69, 9.17) is 0 Å². The minimum atomic E-state index is -0.0824. The zero-order chi connectivity index (χ0) is 12.6. The Hall–Kier alpha value is -1.96. The summed E-state index contributed by atoms with van der Waals surface area (Å²) in [6, 6.07) is 9.17. The molecule has 0 atom stereocenters. The average Bonchev–Trinajstić information content (AvgIpc) is 2.27. The first-order valence-corrected chi connectivity index (χ1v) is 5.60. The van der Waals surface area contributed by atoms with Crippen molar-refractivity contribution in [3.05, 3.63) is 47.0 Å². The van der Waals surface area contributed by atoms with Gasteiger partial charge in [0.15, 0.2) is 11.5 Å². The highest BCUT2D eigenvalue weighted by atomic mass is 16.3. The minimum absolute atomic E-state index is 0.0550. The van der Waals surface area contributed by atoms with E-state index in [1.54, 1.807) is 6.07 Å². The normalized spacial score (nSPS) is 10.5. The smallest absolute Gasteiger partial charge is 0.165 e. The molecule has 2 nitrogen and oxygen atoms in total. The van der Waals surface area contributed by atoms with Gasteiger partial charge in [0.25, 0.3) is 0 Å². The SMILES string of the molecule is Cc1cc(C)c(C)c(-c2cccc(O)c2O)c1. The van der Waals surface area contributed by atoms with Crippen LogP contribution >= 0.6 is 0 Å². The fraction of sp³-hybridized carbons (Fsp3) is 0.200. The molecule has 2 aromatic carbocycles. The topological polar surface area (TPSA) is 40.5 Å². The summed E-state index contributed by atoms with van der Waals surface area (Å²) in [5, 5.41) is 19.4. The molecular formula is C15H16O2. The molecule has 0 aliphatic carbocycles. The van der Waals surface area contributed by atoms with Crippen LogP contribution in [0.3, 0.4) is 0 Å². The second-order valence-corrected chi connectivity index (χ2v) is 4.43. The van der Waals surface area contributed by atoms with Gasteiger partial charge in [-0.15, -0.1) is 0 Å². The van der Waals surface area contributed by atoms with Crippen LogP contribution in [0.4, 0.5) is 0 Å². The molecule has 0 amide bonds. The molecule has 88 valence electrons. The third kappa shape index (κ3) is 1.98. The number of aryl methyl sites for hydroxylation is 2. The van der Waals surface area contributed by atoms with Crippen molar-refractivity contribution in [1.29, 1.82) is 0 Å². The Labute approximate surface area is 101 Å². The van der Waals surface area contributed by atoms with Gasteiger partial charge in [-0.05, 0) is 43.5 Å². The number of rotatable bonds is 1. The fourth-order valence-electron chi connectivity index (χ4n) is 2.07. The molecule has 2 aromatic rings. The molecule has 0 aliphatic heterocycles. The van der Waals surface area contributed by atoms with E-state index in [-0.39, 0.29) is 11.5 Å². The predicted molar refractivity (Wildman–Crippen MR) is 69.4 cm³/mol. The first-order chi connectivity index (χ1) is 8.00. The molecule has 0 spiro atoms. The van der Waals surface area contributed by atoms with Crippen LogP contribution in [0.25, 0.3) is 11.1 Å². The summed E-state index contributed by atoms with van der Waals surface area (Å²) in [7, 11) is 0. The van der Waals surface area contributed by atoms with E-state index in [0.717, 1.165) is 16.7 Å². The van der Waals surface area contributed by atoms with Gasteiger partial charge in [0.2, 0.25) is 0 Å². The van der Waals surface area contributed by atoms with Crippen molar-refractivity contribution < 1.29 is 10.2 Å². The Morgan fingerprint density at radius 3 is 2.29 bits per heavy atom. The lowest BCUT2D eigenvalue weighted by Crippen LogP contribution is -1.90. The molecule has 0 fully saturated rings. The van der Waals surface area contributed by atoms with Gasteiger partial charge in [0, 0.05) is 5.56 Å². The molecule has 0 unspecified atom stereocenters. The number of aromatic hydroxyl groups is 2. The van der Waals surface area contributed by atoms with E-state index < -0.39 is 0 Å². The molecule has 0 aliphatic rings. The molecule has 0 bridgehead atoms. The monoisotopic (exact) mass is 228 g/mol. The van der Waals surface area contributed by atoms with E-state index in [0.29, 0.717) is 5.56 Å². The first kappa shape index (κ1) is 11.5. The Bertz CT molecular complexity index is 571. The number of para-hydroxylation sites is 1. The maximum atomic E-state index is 9.91. The molecule has 2 heteroatoms. The number of benzene rings is 2. The zero-order valence-corrected chi connectivity index (χ0v) is 10.3. The zero-order valence-electron chi connectivity index (χ0n) is 10.3. The Morgan fingerprint density at radius 2 is 1.59 bits per heavy atom. The summed E-state index contributed by atoms with van der Waals surface area (Å²) in [6.45, 7) is 6.09. The van der Waals surface area contributed by atoms with Gasteiger partial charge in [0.1, 0.15) is 0 Å². The number of phenolic OH excluding ortho intramolecular Hbond substituents is 2. The number of phenols is 2. The highest BCUT2D eigenvalue weighted by Gasteiger charge is 2.11. The molecule has 17 heavy (non-hydrogen) atoms. The fourth-order valence-corrected chi connectivity index (χ4v) is 2.07. The second-order valence-electron chi connectivity index (χ2n) is 4.43. The van der Waals surface area contributed by atoms with Gasteiger partial charge in [-0.1, -0.05) is 29.8 Å². The van der Waals surface area contributed by atoms with Crippen molar-refractivity contribution in [2.24, 2.45) is 0 Å². The lowest BCUT2D eigenvalue weighted by molar-refractivity contribution is 0.405. The van der Waals surface area contributed by atoms with E-state index in [1.165, 1.54) is 11.6 Å². The van der Waals surface area contributed by atoms with Crippen molar-refractivity contribution >= 4 is 0 Å². The molecule has 0 radical (unpaired) electrons. The molecule has 0 heterocycles. The Kier molecular flexibility index (Phi) is 2.80. The quantitative estimate of drug-likeness (QED) is 0.731. The average molecular weight is 228 g/mol. The van der Waals surface area contributed by atoms with Crippen molar-refractivity contribution in [1.82, 2.24) is 0 Å². The molecule has 2 N–H and O–H groups in total. The summed E-state index contributed by atoms with van der Waals surface area (Å²) in [5.74, 6) is -0.137. The van der Waals surface area contributed by atoms with Crippen LogP contribution in [0.2, 0.25) is 0 Å². The molecular weight excluding hydrogens is 212 g/mol. The Morgan fingerprint density at radius 1 is 0.882 bits per heavy atom. The summed E-state index contributed by atoms with van der Waals surface area (Å²) in [4.78, 5) is 0. The number of hydrogen-bond donors (Lipinski definition) is 2. The summed E-state index contributed by atoms with van der Waals surface area (Å²) < 4.78 is 0. The van der Waals surface area contributed by atoms with Gasteiger partial charge in [-0.25, -0.2) is 0 Å². The molecule has 0 aromatic heterocycles. The molecule has 0 saturated carbocycles.